The van der Waals surface area contributed by atoms with Gasteiger partial charge in [-0.05, 0) is 32.5 Å². The van der Waals surface area contributed by atoms with E-state index in [-0.39, 0.29) is 0 Å². The van der Waals surface area contributed by atoms with Crippen LogP contribution in [-0.4, -0.2) is 43.8 Å². The highest BCUT2D eigenvalue weighted by molar-refractivity contribution is 7.85. The van der Waals surface area contributed by atoms with Gasteiger partial charge in [-0.25, -0.2) is 0 Å². The van der Waals surface area contributed by atoms with E-state index in [9.17, 15) is 8.42 Å². The molecule has 0 bridgehead atoms. The van der Waals surface area contributed by atoms with Gasteiger partial charge in [-0.3, -0.25) is 4.55 Å². The Morgan fingerprint density at radius 1 is 1.23 bits per heavy atom. The van der Waals surface area contributed by atoms with Crippen LogP contribution in [0.5, 0.6) is 0 Å². The number of nitrogens with zero attached hydrogens (tertiary/aromatic N) is 1. The first-order valence-electron chi connectivity index (χ1n) is 4.58. The first-order chi connectivity index (χ1) is 5.93. The van der Waals surface area contributed by atoms with E-state index in [1.807, 2.05) is 0 Å². The molecule has 0 aromatic rings. The van der Waals surface area contributed by atoms with Crippen molar-refractivity contribution in [2.75, 3.05) is 25.9 Å². The fourth-order valence-electron chi connectivity index (χ4n) is 1.28. The molecule has 1 aliphatic heterocycles. The van der Waals surface area contributed by atoms with E-state index in [4.69, 9.17) is 4.55 Å². The predicted octanol–water partition coefficient (Wildman–Crippen LogP) is 0.996. The van der Waals surface area contributed by atoms with Crippen LogP contribution in [0.3, 0.4) is 0 Å². The van der Waals surface area contributed by atoms with Crippen molar-refractivity contribution in [2.24, 2.45) is 0 Å². The van der Waals surface area contributed by atoms with Gasteiger partial charge in [0.05, 0.1) is 6.26 Å². The molecule has 0 aliphatic carbocycles. The summed E-state index contributed by atoms with van der Waals surface area (Å²) in [5, 5.41) is 0. The van der Waals surface area contributed by atoms with Crippen molar-refractivity contribution in [3.63, 3.8) is 0 Å². The maximum atomic E-state index is 9.19. The summed E-state index contributed by atoms with van der Waals surface area (Å²) >= 11 is 0. The Kier molecular flexibility index (Phi) is 6.28. The molecular formula is C8H19NO3S. The highest BCUT2D eigenvalue weighted by Crippen LogP contribution is 2.06. The average Bonchev–Trinajstić information content (AvgIpc) is 2.03. The van der Waals surface area contributed by atoms with Crippen LogP contribution in [0.2, 0.25) is 0 Å². The van der Waals surface area contributed by atoms with Crippen LogP contribution in [-0.2, 0) is 10.1 Å². The summed E-state index contributed by atoms with van der Waals surface area (Å²) in [6.45, 7) is 6.18. The Bertz CT molecular complexity index is 199. The van der Waals surface area contributed by atoms with Gasteiger partial charge in [0.15, 0.2) is 0 Å². The fraction of sp³-hybridized carbons (Fsp3) is 1.00. The van der Waals surface area contributed by atoms with Crippen molar-refractivity contribution in [1.29, 1.82) is 0 Å². The summed E-state index contributed by atoms with van der Waals surface area (Å²) in [5.41, 5.74) is 0. The zero-order chi connectivity index (χ0) is 10.3. The molecule has 0 radical (unpaired) electrons. The Balaban J connectivity index is 0.000000252. The first kappa shape index (κ1) is 12.9. The topological polar surface area (TPSA) is 57.6 Å². The van der Waals surface area contributed by atoms with E-state index >= 15 is 0 Å². The predicted molar refractivity (Wildman–Crippen MR) is 53.4 cm³/mol. The molecule has 80 valence electrons. The lowest BCUT2D eigenvalue weighted by atomic mass is 10.1. The van der Waals surface area contributed by atoms with Crippen LogP contribution in [0.25, 0.3) is 0 Å². The van der Waals surface area contributed by atoms with Gasteiger partial charge in [0, 0.05) is 0 Å². The van der Waals surface area contributed by atoms with E-state index in [2.05, 4.69) is 11.8 Å². The molecule has 0 unspecified atom stereocenters. The molecule has 1 fully saturated rings. The second-order valence-corrected chi connectivity index (χ2v) is 4.69. The maximum Gasteiger partial charge on any atom is 0.261 e. The third-order valence-corrected chi connectivity index (χ3v) is 1.90. The molecule has 0 atom stereocenters. The summed E-state index contributed by atoms with van der Waals surface area (Å²) in [6, 6.07) is 0. The van der Waals surface area contributed by atoms with Gasteiger partial charge >= 0.3 is 0 Å². The van der Waals surface area contributed by atoms with Crippen LogP contribution in [0.15, 0.2) is 0 Å². The van der Waals surface area contributed by atoms with Crippen LogP contribution in [0.4, 0.5) is 0 Å². The van der Waals surface area contributed by atoms with Crippen LogP contribution in [0.1, 0.15) is 26.2 Å². The van der Waals surface area contributed by atoms with Crippen LogP contribution < -0.4 is 0 Å². The minimum absolute atomic E-state index is 0.715. The largest absolute Gasteiger partial charge is 0.304 e. The van der Waals surface area contributed by atoms with Crippen molar-refractivity contribution in [3.05, 3.63) is 0 Å². The normalized spacial score (nSPS) is 19.0. The zero-order valence-electron chi connectivity index (χ0n) is 8.36. The molecule has 1 saturated heterocycles. The molecule has 1 aliphatic rings. The second kappa shape index (κ2) is 6.34. The molecule has 0 spiro atoms. The molecule has 1 rings (SSSR count). The van der Waals surface area contributed by atoms with Gasteiger partial charge < -0.3 is 4.90 Å². The molecule has 4 nitrogen and oxygen atoms in total. The maximum absolute atomic E-state index is 9.19. The number of hydrogen-bond donors (Lipinski definition) is 1. The summed E-state index contributed by atoms with van der Waals surface area (Å²) < 4.78 is 25.9. The summed E-state index contributed by atoms with van der Waals surface area (Å²) in [4.78, 5) is 2.52. The van der Waals surface area contributed by atoms with E-state index in [1.54, 1.807) is 0 Å². The molecule has 0 amide bonds. The molecule has 1 N–H and O–H groups in total. The molecule has 5 heteroatoms. The van der Waals surface area contributed by atoms with Crippen molar-refractivity contribution < 1.29 is 13.0 Å². The minimum atomic E-state index is -3.67. The van der Waals surface area contributed by atoms with Crippen molar-refractivity contribution in [3.8, 4) is 0 Å². The Morgan fingerprint density at radius 2 is 1.62 bits per heavy atom. The monoisotopic (exact) mass is 209 g/mol. The SMILES string of the molecule is CCN1CCCCC1.CS(=O)(=O)O. The number of rotatable bonds is 1. The Labute approximate surface area is 80.7 Å². The first-order valence-corrected chi connectivity index (χ1v) is 6.43. The van der Waals surface area contributed by atoms with E-state index < -0.39 is 10.1 Å². The van der Waals surface area contributed by atoms with Gasteiger partial charge in [-0.15, -0.1) is 0 Å². The third-order valence-electron chi connectivity index (χ3n) is 1.90. The highest BCUT2D eigenvalue weighted by atomic mass is 32.2. The lowest BCUT2D eigenvalue weighted by molar-refractivity contribution is 0.240. The Morgan fingerprint density at radius 3 is 1.85 bits per heavy atom. The minimum Gasteiger partial charge on any atom is -0.304 e. The number of hydrogen-bond acceptors (Lipinski definition) is 3. The van der Waals surface area contributed by atoms with E-state index in [0.717, 1.165) is 0 Å². The fourth-order valence-corrected chi connectivity index (χ4v) is 1.28. The Hall–Kier alpha value is -0.130. The molecule has 1 heterocycles. The van der Waals surface area contributed by atoms with Crippen molar-refractivity contribution in [2.45, 2.75) is 26.2 Å². The molecule has 13 heavy (non-hydrogen) atoms. The average molecular weight is 209 g/mol. The second-order valence-electron chi connectivity index (χ2n) is 3.23. The van der Waals surface area contributed by atoms with Crippen LogP contribution >= 0.6 is 0 Å². The van der Waals surface area contributed by atoms with Gasteiger partial charge in [0.2, 0.25) is 0 Å². The van der Waals surface area contributed by atoms with Crippen molar-refractivity contribution >= 4 is 10.1 Å². The van der Waals surface area contributed by atoms with Gasteiger partial charge in [0.25, 0.3) is 10.1 Å². The smallest absolute Gasteiger partial charge is 0.261 e. The standard InChI is InChI=1S/C7H15N.CH4O3S/c1-2-8-6-4-3-5-7-8;1-5(2,3)4/h2-7H2,1H3;1H3,(H,2,3,4). The quantitative estimate of drug-likeness (QED) is 0.654. The number of piperidine rings is 1. The van der Waals surface area contributed by atoms with Crippen molar-refractivity contribution in [1.82, 2.24) is 4.90 Å². The lowest BCUT2D eigenvalue weighted by Crippen LogP contribution is -2.29. The lowest BCUT2D eigenvalue weighted by Gasteiger charge is -2.24. The highest BCUT2D eigenvalue weighted by Gasteiger charge is 2.05. The van der Waals surface area contributed by atoms with Gasteiger partial charge in [0.1, 0.15) is 0 Å². The van der Waals surface area contributed by atoms with Crippen LogP contribution in [0, 0.1) is 0 Å². The zero-order valence-corrected chi connectivity index (χ0v) is 9.18. The third kappa shape index (κ3) is 11.9. The summed E-state index contributed by atoms with van der Waals surface area (Å²) in [6.07, 6.45) is 5.02. The molecular weight excluding hydrogens is 190 g/mol. The van der Waals surface area contributed by atoms with E-state index in [0.29, 0.717) is 6.26 Å². The summed E-state index contributed by atoms with van der Waals surface area (Å²) in [7, 11) is -3.67. The van der Waals surface area contributed by atoms with Gasteiger partial charge in [-0.2, -0.15) is 8.42 Å². The van der Waals surface area contributed by atoms with Gasteiger partial charge in [-0.1, -0.05) is 13.3 Å². The summed E-state index contributed by atoms with van der Waals surface area (Å²) in [5.74, 6) is 0. The molecule has 0 aromatic heterocycles. The number of likely N-dealkylation sites (tertiary alicyclic amines) is 1. The molecule has 0 saturated carbocycles. The molecule has 0 aromatic carbocycles. The van der Waals surface area contributed by atoms with E-state index in [1.165, 1.54) is 38.9 Å².